The summed E-state index contributed by atoms with van der Waals surface area (Å²) in [7, 11) is 1.60. The van der Waals surface area contributed by atoms with Gasteiger partial charge < -0.3 is 14.2 Å². The monoisotopic (exact) mass is 387 g/mol. The van der Waals surface area contributed by atoms with Gasteiger partial charge in [-0.1, -0.05) is 18.2 Å². The molecule has 0 N–H and O–H groups in total. The van der Waals surface area contributed by atoms with Gasteiger partial charge in [-0.3, -0.25) is 4.90 Å². The zero-order chi connectivity index (χ0) is 21.1. The summed E-state index contributed by atoms with van der Waals surface area (Å²) in [6.07, 6.45) is 4.39. The average Bonchev–Trinajstić information content (AvgIpc) is 2.58. The highest BCUT2D eigenvalue weighted by Gasteiger charge is 2.31. The summed E-state index contributed by atoms with van der Waals surface area (Å²) < 4.78 is 16.2. The lowest BCUT2D eigenvalue weighted by Crippen LogP contribution is -2.37. The van der Waals surface area contributed by atoms with Crippen molar-refractivity contribution in [2.45, 2.75) is 58.8 Å². The normalized spacial score (nSPS) is 17.0. The highest BCUT2D eigenvalue weighted by atomic mass is 16.6. The Balaban J connectivity index is 2.36. The number of amides is 1. The first-order valence-corrected chi connectivity index (χ1v) is 9.18. The first-order chi connectivity index (χ1) is 12.9. The molecule has 0 unspecified atom stereocenters. The molecule has 0 saturated carbocycles. The standard InChI is InChI=1S/C22H29NO5/c1-21(2,3)27-19(24)16-10-13-18(15-8-11-17(26-7)12-9-15)23(14-16)20(25)28-22(4,5)6/h8-14,18H,1-7H3/t18-/m0/s1. The highest BCUT2D eigenvalue weighted by Crippen LogP contribution is 2.31. The van der Waals surface area contributed by atoms with Gasteiger partial charge in [0.05, 0.1) is 18.7 Å². The fraction of sp³-hybridized carbons (Fsp3) is 0.455. The Morgan fingerprint density at radius 2 is 1.50 bits per heavy atom. The number of carbonyl (C=O) groups is 2. The molecule has 0 radical (unpaired) electrons. The van der Waals surface area contributed by atoms with Gasteiger partial charge in [0.15, 0.2) is 0 Å². The topological polar surface area (TPSA) is 65.1 Å². The third-order valence-corrected chi connectivity index (χ3v) is 3.73. The third kappa shape index (κ3) is 5.87. The SMILES string of the molecule is COc1ccc([C@@H]2C=CC(C(=O)OC(C)(C)C)=CN2C(=O)OC(C)(C)C)cc1. The summed E-state index contributed by atoms with van der Waals surface area (Å²) in [6.45, 7) is 10.8. The molecule has 0 saturated heterocycles. The van der Waals surface area contributed by atoms with Crippen LogP contribution in [0.15, 0.2) is 48.2 Å². The highest BCUT2D eigenvalue weighted by molar-refractivity contribution is 5.93. The molecule has 2 rings (SSSR count). The molecular formula is C22H29NO5. The van der Waals surface area contributed by atoms with Crippen molar-refractivity contribution in [1.29, 1.82) is 0 Å². The Hall–Kier alpha value is -2.76. The van der Waals surface area contributed by atoms with Crippen LogP contribution in [0.25, 0.3) is 0 Å². The predicted molar refractivity (Wildman–Crippen MR) is 107 cm³/mol. The van der Waals surface area contributed by atoms with Gasteiger partial charge in [0.2, 0.25) is 0 Å². The van der Waals surface area contributed by atoms with Crippen molar-refractivity contribution in [2.24, 2.45) is 0 Å². The summed E-state index contributed by atoms with van der Waals surface area (Å²) >= 11 is 0. The summed E-state index contributed by atoms with van der Waals surface area (Å²) in [4.78, 5) is 26.7. The van der Waals surface area contributed by atoms with E-state index in [1.807, 2.05) is 24.3 Å². The molecule has 0 aromatic heterocycles. The first kappa shape index (κ1) is 21.5. The number of hydrogen-bond donors (Lipinski definition) is 0. The van der Waals surface area contributed by atoms with Gasteiger partial charge in [-0.2, -0.15) is 0 Å². The Labute approximate surface area is 166 Å². The third-order valence-electron chi connectivity index (χ3n) is 3.73. The van der Waals surface area contributed by atoms with Gasteiger partial charge in [0.25, 0.3) is 0 Å². The van der Waals surface area contributed by atoms with E-state index in [4.69, 9.17) is 14.2 Å². The van der Waals surface area contributed by atoms with E-state index in [9.17, 15) is 9.59 Å². The Bertz CT molecular complexity index is 779. The number of ether oxygens (including phenoxy) is 3. The fourth-order valence-electron chi connectivity index (χ4n) is 2.57. The maximum absolute atomic E-state index is 12.8. The molecule has 1 amide bonds. The number of nitrogens with zero attached hydrogens (tertiary/aromatic N) is 1. The van der Waals surface area contributed by atoms with Crippen LogP contribution in [-0.4, -0.2) is 35.3 Å². The Morgan fingerprint density at radius 3 is 2.00 bits per heavy atom. The number of carbonyl (C=O) groups excluding carboxylic acids is 2. The van der Waals surface area contributed by atoms with Crippen LogP contribution < -0.4 is 4.74 Å². The molecule has 0 fully saturated rings. The molecule has 1 aromatic carbocycles. The zero-order valence-corrected chi connectivity index (χ0v) is 17.6. The van der Waals surface area contributed by atoms with Crippen molar-refractivity contribution >= 4 is 12.1 Å². The zero-order valence-electron chi connectivity index (χ0n) is 17.6. The van der Waals surface area contributed by atoms with E-state index >= 15 is 0 Å². The molecule has 1 heterocycles. The first-order valence-electron chi connectivity index (χ1n) is 9.18. The average molecular weight is 387 g/mol. The number of benzene rings is 1. The minimum Gasteiger partial charge on any atom is -0.497 e. The van der Waals surface area contributed by atoms with Gasteiger partial charge in [0, 0.05) is 6.20 Å². The van der Waals surface area contributed by atoms with Crippen LogP contribution >= 0.6 is 0 Å². The lowest BCUT2D eigenvalue weighted by atomic mass is 10.0. The summed E-state index contributed by atoms with van der Waals surface area (Å²) in [6, 6.07) is 6.98. The molecular weight excluding hydrogens is 358 g/mol. The Morgan fingerprint density at radius 1 is 0.929 bits per heavy atom. The largest absolute Gasteiger partial charge is 0.497 e. The number of rotatable bonds is 3. The van der Waals surface area contributed by atoms with E-state index in [0.29, 0.717) is 0 Å². The van der Waals surface area contributed by atoms with Gasteiger partial charge in [-0.25, -0.2) is 9.59 Å². The van der Waals surface area contributed by atoms with Crippen LogP contribution in [0.3, 0.4) is 0 Å². The van der Waals surface area contributed by atoms with Crippen molar-refractivity contribution in [3.05, 3.63) is 53.8 Å². The van der Waals surface area contributed by atoms with Crippen LogP contribution in [0.5, 0.6) is 5.75 Å². The molecule has 1 aromatic rings. The van der Waals surface area contributed by atoms with E-state index in [1.165, 1.54) is 11.1 Å². The smallest absolute Gasteiger partial charge is 0.415 e. The van der Waals surface area contributed by atoms with Crippen LogP contribution in [0.1, 0.15) is 53.1 Å². The summed E-state index contributed by atoms with van der Waals surface area (Å²) in [5.74, 6) is 0.225. The van der Waals surface area contributed by atoms with E-state index < -0.39 is 29.3 Å². The van der Waals surface area contributed by atoms with Crippen LogP contribution in [0, 0.1) is 0 Å². The van der Waals surface area contributed by atoms with Crippen LogP contribution in [-0.2, 0) is 14.3 Å². The fourth-order valence-corrected chi connectivity index (χ4v) is 2.57. The number of esters is 1. The maximum atomic E-state index is 12.8. The predicted octanol–water partition coefficient (Wildman–Crippen LogP) is 4.77. The lowest BCUT2D eigenvalue weighted by molar-refractivity contribution is -0.149. The molecule has 0 bridgehead atoms. The second-order valence-electron chi connectivity index (χ2n) is 8.55. The lowest BCUT2D eigenvalue weighted by Gasteiger charge is -2.32. The Kier molecular flexibility index (Phi) is 6.22. The number of methoxy groups -OCH3 is 1. The molecule has 0 spiro atoms. The maximum Gasteiger partial charge on any atom is 0.415 e. The van der Waals surface area contributed by atoms with E-state index in [2.05, 4.69) is 0 Å². The quantitative estimate of drug-likeness (QED) is 0.699. The minimum absolute atomic E-state index is 0.283. The summed E-state index contributed by atoms with van der Waals surface area (Å²) in [5, 5.41) is 0. The molecule has 1 atom stereocenters. The van der Waals surface area contributed by atoms with Gasteiger partial charge in [0.1, 0.15) is 17.0 Å². The molecule has 6 heteroatoms. The number of hydrogen-bond acceptors (Lipinski definition) is 5. The van der Waals surface area contributed by atoms with Crippen LogP contribution in [0.2, 0.25) is 0 Å². The van der Waals surface area contributed by atoms with E-state index in [-0.39, 0.29) is 5.57 Å². The molecule has 1 aliphatic heterocycles. The second-order valence-corrected chi connectivity index (χ2v) is 8.55. The van der Waals surface area contributed by atoms with Crippen molar-refractivity contribution < 1.29 is 23.8 Å². The molecule has 152 valence electrons. The van der Waals surface area contributed by atoms with Crippen molar-refractivity contribution in [1.82, 2.24) is 4.90 Å². The molecule has 1 aliphatic rings. The molecule has 0 aliphatic carbocycles. The molecule has 28 heavy (non-hydrogen) atoms. The van der Waals surface area contributed by atoms with Gasteiger partial charge in [-0.15, -0.1) is 0 Å². The second kappa shape index (κ2) is 8.09. The van der Waals surface area contributed by atoms with E-state index in [1.54, 1.807) is 60.8 Å². The van der Waals surface area contributed by atoms with E-state index in [0.717, 1.165) is 11.3 Å². The minimum atomic E-state index is -0.664. The van der Waals surface area contributed by atoms with Crippen molar-refractivity contribution in [3.8, 4) is 5.75 Å². The van der Waals surface area contributed by atoms with Gasteiger partial charge >= 0.3 is 12.1 Å². The summed E-state index contributed by atoms with van der Waals surface area (Å²) in [5.41, 5.74) is -0.147. The van der Waals surface area contributed by atoms with Crippen molar-refractivity contribution in [2.75, 3.05) is 7.11 Å². The van der Waals surface area contributed by atoms with Gasteiger partial charge in [-0.05, 0) is 65.3 Å². The molecule has 6 nitrogen and oxygen atoms in total. The van der Waals surface area contributed by atoms with Crippen molar-refractivity contribution in [3.63, 3.8) is 0 Å². The van der Waals surface area contributed by atoms with Crippen LogP contribution in [0.4, 0.5) is 4.79 Å².